The zero-order valence-corrected chi connectivity index (χ0v) is 14.2. The summed E-state index contributed by atoms with van der Waals surface area (Å²) in [6, 6.07) is 0. The lowest BCUT2D eigenvalue weighted by Crippen LogP contribution is -2.45. The summed E-state index contributed by atoms with van der Waals surface area (Å²) < 4.78 is 10.9. The van der Waals surface area contributed by atoms with Crippen LogP contribution < -0.4 is 4.90 Å². The van der Waals surface area contributed by atoms with E-state index in [9.17, 15) is 4.79 Å². The van der Waals surface area contributed by atoms with Crippen LogP contribution in [0.1, 0.15) is 40.3 Å². The molecule has 0 amide bonds. The molecule has 5 nitrogen and oxygen atoms in total. The third-order valence-corrected chi connectivity index (χ3v) is 4.51. The quantitative estimate of drug-likeness (QED) is 0.800. The largest absolute Gasteiger partial charge is 0.465 e. The molecule has 2 atom stereocenters. The molecule has 0 bridgehead atoms. The molecular weight excluding hydrogens is 288 g/mol. The van der Waals surface area contributed by atoms with E-state index in [0.29, 0.717) is 6.61 Å². The van der Waals surface area contributed by atoms with E-state index in [1.807, 2.05) is 26.2 Å². The first-order valence-corrected chi connectivity index (χ1v) is 8.26. The van der Waals surface area contributed by atoms with Gasteiger partial charge in [-0.1, -0.05) is 0 Å². The first kappa shape index (κ1) is 16.2. The number of aromatic nitrogens is 1. The predicted molar refractivity (Wildman–Crippen MR) is 84.0 cm³/mol. The van der Waals surface area contributed by atoms with Crippen LogP contribution in [0.25, 0.3) is 0 Å². The van der Waals surface area contributed by atoms with Crippen LogP contribution in [0.2, 0.25) is 0 Å². The van der Waals surface area contributed by atoms with Gasteiger partial charge in [-0.15, -0.1) is 11.3 Å². The molecule has 1 saturated heterocycles. The van der Waals surface area contributed by atoms with Crippen molar-refractivity contribution in [3.8, 4) is 0 Å². The van der Waals surface area contributed by atoms with Gasteiger partial charge in [0, 0.05) is 18.5 Å². The third-order valence-electron chi connectivity index (χ3n) is 3.61. The van der Waals surface area contributed by atoms with Crippen LogP contribution in [0.5, 0.6) is 0 Å². The highest BCUT2D eigenvalue weighted by atomic mass is 32.1. The van der Waals surface area contributed by atoms with Crippen LogP contribution in [-0.4, -0.2) is 42.9 Å². The molecule has 0 N–H and O–H groups in total. The molecule has 21 heavy (non-hydrogen) atoms. The van der Waals surface area contributed by atoms with Gasteiger partial charge in [-0.3, -0.25) is 4.79 Å². The zero-order valence-electron chi connectivity index (χ0n) is 13.4. The number of anilines is 1. The average Bonchev–Trinajstić information content (AvgIpc) is 2.88. The summed E-state index contributed by atoms with van der Waals surface area (Å²) in [5, 5.41) is 2.90. The number of hydrogen-bond acceptors (Lipinski definition) is 6. The number of morpholine rings is 1. The summed E-state index contributed by atoms with van der Waals surface area (Å²) in [5.74, 6) is -0.231. The van der Waals surface area contributed by atoms with E-state index in [1.165, 1.54) is 0 Å². The minimum absolute atomic E-state index is 0.194. The summed E-state index contributed by atoms with van der Waals surface area (Å²) in [5.41, 5.74) is 0.0571. The Balaban J connectivity index is 2.15. The lowest BCUT2D eigenvalue weighted by atomic mass is 9.90. The minimum Gasteiger partial charge on any atom is -0.465 e. The van der Waals surface area contributed by atoms with Crippen molar-refractivity contribution in [1.29, 1.82) is 0 Å². The van der Waals surface area contributed by atoms with Gasteiger partial charge in [0.2, 0.25) is 0 Å². The fourth-order valence-corrected chi connectivity index (χ4v) is 3.46. The molecular formula is C15H24N2O3S. The Morgan fingerprint density at radius 1 is 1.48 bits per heavy atom. The number of hydrogen-bond donors (Lipinski definition) is 0. The predicted octanol–water partition coefficient (Wildman–Crippen LogP) is 2.60. The van der Waals surface area contributed by atoms with Gasteiger partial charge in [0.25, 0.3) is 0 Å². The lowest BCUT2D eigenvalue weighted by molar-refractivity contribution is -0.148. The Morgan fingerprint density at radius 2 is 2.10 bits per heavy atom. The van der Waals surface area contributed by atoms with E-state index in [1.54, 1.807) is 11.3 Å². The molecule has 1 fully saturated rings. The summed E-state index contributed by atoms with van der Waals surface area (Å²) in [6.07, 6.45) is 0.387. The van der Waals surface area contributed by atoms with Crippen LogP contribution in [0.3, 0.4) is 0 Å². The summed E-state index contributed by atoms with van der Waals surface area (Å²) in [6.45, 7) is 11.7. The fraction of sp³-hybridized carbons (Fsp3) is 0.733. The molecule has 2 heterocycles. The highest BCUT2D eigenvalue weighted by Gasteiger charge is 2.35. The molecule has 0 saturated carbocycles. The first-order valence-electron chi connectivity index (χ1n) is 7.38. The molecule has 0 spiro atoms. The number of carbonyl (C=O) groups excluding carboxylic acids is 1. The van der Waals surface area contributed by atoms with Gasteiger partial charge in [0.05, 0.1) is 24.5 Å². The standard InChI is InChI=1S/C15H24N2O3S/c1-6-19-13(18)15(4,5)12-9-21-14(16-12)17-7-10(2)20-11(3)8-17/h9-11H,6-8H2,1-5H3. The minimum atomic E-state index is -0.714. The van der Waals surface area contributed by atoms with E-state index in [4.69, 9.17) is 9.47 Å². The number of ether oxygens (including phenoxy) is 2. The average molecular weight is 312 g/mol. The van der Waals surface area contributed by atoms with E-state index in [-0.39, 0.29) is 18.2 Å². The molecule has 2 unspecified atom stereocenters. The van der Waals surface area contributed by atoms with Crippen molar-refractivity contribution in [2.45, 2.75) is 52.2 Å². The molecule has 1 aromatic heterocycles. The second kappa shape index (κ2) is 6.32. The van der Waals surface area contributed by atoms with Crippen molar-refractivity contribution in [2.75, 3.05) is 24.6 Å². The van der Waals surface area contributed by atoms with Crippen LogP contribution >= 0.6 is 11.3 Å². The Kier molecular flexibility index (Phi) is 4.88. The van der Waals surface area contributed by atoms with Crippen molar-refractivity contribution >= 4 is 22.4 Å². The maximum Gasteiger partial charge on any atom is 0.317 e. The highest BCUT2D eigenvalue weighted by molar-refractivity contribution is 7.13. The first-order chi connectivity index (χ1) is 9.84. The molecule has 118 valence electrons. The maximum atomic E-state index is 12.1. The number of esters is 1. The van der Waals surface area contributed by atoms with Crippen molar-refractivity contribution in [3.05, 3.63) is 11.1 Å². The Morgan fingerprint density at radius 3 is 2.67 bits per heavy atom. The number of rotatable bonds is 4. The number of thiazole rings is 1. The maximum absolute atomic E-state index is 12.1. The molecule has 0 aromatic carbocycles. The molecule has 2 rings (SSSR count). The van der Waals surface area contributed by atoms with E-state index < -0.39 is 5.41 Å². The highest BCUT2D eigenvalue weighted by Crippen LogP contribution is 2.31. The van der Waals surface area contributed by atoms with Gasteiger partial charge in [0.15, 0.2) is 5.13 Å². The normalized spacial score (nSPS) is 23.2. The van der Waals surface area contributed by atoms with Gasteiger partial charge < -0.3 is 14.4 Å². The van der Waals surface area contributed by atoms with Gasteiger partial charge in [-0.05, 0) is 34.6 Å². The van der Waals surface area contributed by atoms with Crippen LogP contribution in [0, 0.1) is 0 Å². The second-order valence-electron chi connectivity index (χ2n) is 6.02. The molecule has 0 radical (unpaired) electrons. The Labute approximate surface area is 130 Å². The Hall–Kier alpha value is -1.14. The van der Waals surface area contributed by atoms with Gasteiger partial charge in [-0.25, -0.2) is 4.98 Å². The van der Waals surface area contributed by atoms with E-state index in [2.05, 4.69) is 23.7 Å². The van der Waals surface area contributed by atoms with Crippen LogP contribution in [0.4, 0.5) is 5.13 Å². The molecule has 1 aliphatic rings. The lowest BCUT2D eigenvalue weighted by Gasteiger charge is -2.35. The van der Waals surface area contributed by atoms with Crippen molar-refractivity contribution in [1.82, 2.24) is 4.98 Å². The van der Waals surface area contributed by atoms with Crippen LogP contribution in [-0.2, 0) is 19.7 Å². The SMILES string of the molecule is CCOC(=O)C(C)(C)c1csc(N2CC(C)OC(C)C2)n1. The smallest absolute Gasteiger partial charge is 0.317 e. The second-order valence-corrected chi connectivity index (χ2v) is 6.86. The summed E-state index contributed by atoms with van der Waals surface area (Å²) >= 11 is 1.57. The van der Waals surface area contributed by atoms with Gasteiger partial charge in [-0.2, -0.15) is 0 Å². The zero-order chi connectivity index (χ0) is 15.6. The molecule has 1 aliphatic heterocycles. The summed E-state index contributed by atoms with van der Waals surface area (Å²) in [4.78, 5) is 19.0. The topological polar surface area (TPSA) is 51.7 Å². The Bertz CT molecular complexity index is 491. The fourth-order valence-electron chi connectivity index (χ4n) is 2.45. The van der Waals surface area contributed by atoms with Crippen molar-refractivity contribution in [3.63, 3.8) is 0 Å². The molecule has 6 heteroatoms. The van der Waals surface area contributed by atoms with Crippen molar-refractivity contribution < 1.29 is 14.3 Å². The monoisotopic (exact) mass is 312 g/mol. The summed E-state index contributed by atoms with van der Waals surface area (Å²) in [7, 11) is 0. The third kappa shape index (κ3) is 3.55. The molecule has 0 aliphatic carbocycles. The van der Waals surface area contributed by atoms with E-state index >= 15 is 0 Å². The molecule has 1 aromatic rings. The number of nitrogens with zero attached hydrogens (tertiary/aromatic N) is 2. The number of carbonyl (C=O) groups is 1. The van der Waals surface area contributed by atoms with Crippen LogP contribution in [0.15, 0.2) is 5.38 Å². The van der Waals surface area contributed by atoms with Gasteiger partial charge in [0.1, 0.15) is 5.41 Å². The van der Waals surface area contributed by atoms with Crippen molar-refractivity contribution in [2.24, 2.45) is 0 Å². The van der Waals surface area contributed by atoms with E-state index in [0.717, 1.165) is 23.9 Å². The van der Waals surface area contributed by atoms with Gasteiger partial charge >= 0.3 is 5.97 Å².